The number of H-pyrrole nitrogens is 1. The number of amides is 1. The van der Waals surface area contributed by atoms with Crippen molar-refractivity contribution in [3.63, 3.8) is 0 Å². The molecule has 114 valence electrons. The predicted octanol–water partition coefficient (Wildman–Crippen LogP) is 3.36. The fourth-order valence-corrected chi connectivity index (χ4v) is 2.81. The molecular formula is C17H14N4OS. The van der Waals surface area contributed by atoms with Gasteiger partial charge in [0.15, 0.2) is 5.16 Å². The van der Waals surface area contributed by atoms with Crippen molar-refractivity contribution in [1.29, 1.82) is 5.26 Å². The second kappa shape index (κ2) is 6.99. The Morgan fingerprint density at radius 1 is 1.22 bits per heavy atom. The molecule has 0 saturated carbocycles. The smallest absolute Gasteiger partial charge is 0.234 e. The molecule has 0 radical (unpaired) electrons. The Bertz CT molecular complexity index is 831. The Morgan fingerprint density at radius 2 is 2.00 bits per heavy atom. The van der Waals surface area contributed by atoms with E-state index < -0.39 is 0 Å². The summed E-state index contributed by atoms with van der Waals surface area (Å²) in [7, 11) is 0. The summed E-state index contributed by atoms with van der Waals surface area (Å²) in [6, 6.07) is 17.1. The second-order valence-electron chi connectivity index (χ2n) is 4.93. The number of carbonyl (C=O) groups is 1. The van der Waals surface area contributed by atoms with Crippen LogP contribution in [0.4, 0.5) is 5.69 Å². The summed E-state index contributed by atoms with van der Waals surface area (Å²) in [6.45, 7) is 0. The first-order chi connectivity index (χ1) is 11.2. The number of nitriles is 1. The molecule has 0 fully saturated rings. The summed E-state index contributed by atoms with van der Waals surface area (Å²) in [5.74, 6) is 0.184. The summed E-state index contributed by atoms with van der Waals surface area (Å²) < 4.78 is 0. The molecule has 0 bridgehead atoms. The molecule has 5 nitrogen and oxygen atoms in total. The number of aromatic amines is 1. The average Bonchev–Trinajstić information content (AvgIpc) is 2.98. The number of benzene rings is 2. The maximum absolute atomic E-state index is 12.0. The number of rotatable bonds is 5. The number of para-hydroxylation sites is 2. The largest absolute Gasteiger partial charge is 0.333 e. The zero-order valence-corrected chi connectivity index (χ0v) is 13.1. The molecule has 0 aliphatic rings. The zero-order chi connectivity index (χ0) is 16.1. The Morgan fingerprint density at radius 3 is 2.74 bits per heavy atom. The number of imidazole rings is 1. The minimum absolute atomic E-state index is 0.0940. The van der Waals surface area contributed by atoms with Crippen LogP contribution < -0.4 is 5.32 Å². The van der Waals surface area contributed by atoms with Crippen molar-refractivity contribution in [1.82, 2.24) is 9.97 Å². The van der Waals surface area contributed by atoms with Crippen molar-refractivity contribution >= 4 is 34.4 Å². The minimum atomic E-state index is -0.0940. The Labute approximate surface area is 137 Å². The highest BCUT2D eigenvalue weighted by Crippen LogP contribution is 2.19. The maximum Gasteiger partial charge on any atom is 0.234 e. The number of carbonyl (C=O) groups excluding carboxylic acids is 1. The van der Waals surface area contributed by atoms with Gasteiger partial charge >= 0.3 is 0 Å². The molecule has 23 heavy (non-hydrogen) atoms. The molecule has 6 heteroatoms. The molecule has 1 heterocycles. The quantitative estimate of drug-likeness (QED) is 0.706. The highest BCUT2D eigenvalue weighted by molar-refractivity contribution is 7.99. The summed E-state index contributed by atoms with van der Waals surface area (Å²) >= 11 is 1.36. The molecule has 0 atom stereocenters. The number of thioether (sulfide) groups is 1. The Hall–Kier alpha value is -2.78. The molecule has 3 aromatic rings. The summed E-state index contributed by atoms with van der Waals surface area (Å²) in [6.07, 6.45) is 0.371. The van der Waals surface area contributed by atoms with Crippen LogP contribution in [0.15, 0.2) is 53.7 Å². The first-order valence-electron chi connectivity index (χ1n) is 7.08. The molecule has 0 aliphatic carbocycles. The minimum Gasteiger partial charge on any atom is -0.333 e. The lowest BCUT2D eigenvalue weighted by molar-refractivity contribution is -0.113. The number of anilines is 1. The third-order valence-corrected chi connectivity index (χ3v) is 4.10. The van der Waals surface area contributed by atoms with Crippen molar-refractivity contribution in [2.45, 2.75) is 11.6 Å². The van der Waals surface area contributed by atoms with Crippen molar-refractivity contribution in [3.8, 4) is 6.07 Å². The molecule has 0 saturated heterocycles. The molecule has 0 aliphatic heterocycles. The van der Waals surface area contributed by atoms with Gasteiger partial charge in [0.25, 0.3) is 0 Å². The van der Waals surface area contributed by atoms with Crippen LogP contribution in [0.1, 0.15) is 5.56 Å². The van der Waals surface area contributed by atoms with Crippen molar-refractivity contribution in [2.75, 3.05) is 11.1 Å². The van der Waals surface area contributed by atoms with Crippen LogP contribution in [0.25, 0.3) is 11.0 Å². The standard InChI is InChI=1S/C17H14N4OS/c18-10-9-12-5-7-13(8-6-12)19-16(22)11-23-17-20-14-3-1-2-4-15(14)21-17/h1-8H,9,11H2,(H,19,22)(H,20,21). The summed E-state index contributed by atoms with van der Waals surface area (Å²) in [5, 5.41) is 12.2. The van der Waals surface area contributed by atoms with Gasteiger partial charge in [0.1, 0.15) is 0 Å². The third kappa shape index (κ3) is 3.90. The van der Waals surface area contributed by atoms with Crippen LogP contribution in [0.5, 0.6) is 0 Å². The average molecular weight is 322 g/mol. The summed E-state index contributed by atoms with van der Waals surface area (Å²) in [4.78, 5) is 19.6. The number of aromatic nitrogens is 2. The SMILES string of the molecule is N#CCc1ccc(NC(=O)CSc2nc3ccccc3[nH]2)cc1. The van der Waals surface area contributed by atoms with Gasteiger partial charge in [0.05, 0.1) is 29.3 Å². The first kappa shape index (κ1) is 15.1. The van der Waals surface area contributed by atoms with E-state index in [2.05, 4.69) is 21.4 Å². The molecule has 1 amide bonds. The molecular weight excluding hydrogens is 308 g/mol. The number of fused-ring (bicyclic) bond motifs is 1. The Balaban J connectivity index is 1.55. The third-order valence-electron chi connectivity index (χ3n) is 3.23. The zero-order valence-electron chi connectivity index (χ0n) is 12.2. The van der Waals surface area contributed by atoms with E-state index in [0.717, 1.165) is 27.4 Å². The van der Waals surface area contributed by atoms with Gasteiger partial charge in [0, 0.05) is 5.69 Å². The summed E-state index contributed by atoms with van der Waals surface area (Å²) in [5.41, 5.74) is 3.51. The monoisotopic (exact) mass is 322 g/mol. The molecule has 3 rings (SSSR count). The fraction of sp³-hybridized carbons (Fsp3) is 0.118. The molecule has 0 unspecified atom stereocenters. The van der Waals surface area contributed by atoms with Gasteiger partial charge in [-0.1, -0.05) is 36.0 Å². The van der Waals surface area contributed by atoms with Gasteiger partial charge in [-0.2, -0.15) is 5.26 Å². The van der Waals surface area contributed by atoms with Crippen molar-refractivity contribution < 1.29 is 4.79 Å². The number of hydrogen-bond donors (Lipinski definition) is 2. The van der Waals surface area contributed by atoms with E-state index in [1.165, 1.54) is 11.8 Å². The number of nitrogens with zero attached hydrogens (tertiary/aromatic N) is 2. The predicted molar refractivity (Wildman–Crippen MR) is 91.2 cm³/mol. The van der Waals surface area contributed by atoms with Crippen LogP contribution in [0, 0.1) is 11.3 Å². The van der Waals surface area contributed by atoms with Crippen LogP contribution >= 0.6 is 11.8 Å². The second-order valence-corrected chi connectivity index (χ2v) is 5.89. The van der Waals surface area contributed by atoms with E-state index in [4.69, 9.17) is 5.26 Å². The molecule has 1 aromatic heterocycles. The van der Waals surface area contributed by atoms with E-state index in [9.17, 15) is 4.79 Å². The van der Waals surface area contributed by atoms with E-state index in [0.29, 0.717) is 6.42 Å². The van der Waals surface area contributed by atoms with Gasteiger partial charge in [-0.15, -0.1) is 0 Å². The van der Waals surface area contributed by atoms with Crippen LogP contribution in [0.3, 0.4) is 0 Å². The van der Waals surface area contributed by atoms with Gasteiger partial charge < -0.3 is 10.3 Å². The topological polar surface area (TPSA) is 81.6 Å². The molecule has 2 aromatic carbocycles. The lowest BCUT2D eigenvalue weighted by Gasteiger charge is -2.04. The van der Waals surface area contributed by atoms with Crippen molar-refractivity contribution in [3.05, 3.63) is 54.1 Å². The van der Waals surface area contributed by atoms with E-state index in [1.807, 2.05) is 36.4 Å². The number of nitrogens with one attached hydrogen (secondary N) is 2. The van der Waals surface area contributed by atoms with Gasteiger partial charge in [-0.3, -0.25) is 4.79 Å². The fourth-order valence-electron chi connectivity index (χ4n) is 2.13. The lowest BCUT2D eigenvalue weighted by Crippen LogP contribution is -2.14. The highest BCUT2D eigenvalue weighted by Gasteiger charge is 2.07. The van der Waals surface area contributed by atoms with Gasteiger partial charge in [-0.25, -0.2) is 4.98 Å². The van der Waals surface area contributed by atoms with E-state index in [-0.39, 0.29) is 11.7 Å². The molecule has 2 N–H and O–H groups in total. The van der Waals surface area contributed by atoms with Crippen LogP contribution in [-0.4, -0.2) is 21.6 Å². The maximum atomic E-state index is 12.0. The van der Waals surface area contributed by atoms with Gasteiger partial charge in [0.2, 0.25) is 5.91 Å². The highest BCUT2D eigenvalue weighted by atomic mass is 32.2. The van der Waals surface area contributed by atoms with E-state index in [1.54, 1.807) is 12.1 Å². The van der Waals surface area contributed by atoms with E-state index >= 15 is 0 Å². The molecule has 0 spiro atoms. The van der Waals surface area contributed by atoms with Crippen LogP contribution in [0.2, 0.25) is 0 Å². The van der Waals surface area contributed by atoms with Crippen molar-refractivity contribution in [2.24, 2.45) is 0 Å². The normalized spacial score (nSPS) is 10.4. The first-order valence-corrected chi connectivity index (χ1v) is 8.06. The van der Waals surface area contributed by atoms with Crippen LogP contribution in [-0.2, 0) is 11.2 Å². The lowest BCUT2D eigenvalue weighted by atomic mass is 10.1. The van der Waals surface area contributed by atoms with Gasteiger partial charge in [-0.05, 0) is 29.8 Å². The number of hydrogen-bond acceptors (Lipinski definition) is 4. The Kier molecular flexibility index (Phi) is 4.60.